The SMILES string of the molecule is Cc1nc(Nc2ccc(F)c(Cl)c2)cc(N2CCN(c3ncccn3)CC2)n1. The van der Waals surface area contributed by atoms with Crippen LogP contribution in [-0.2, 0) is 0 Å². The van der Waals surface area contributed by atoms with Crippen LogP contribution in [0.2, 0.25) is 5.02 Å². The van der Waals surface area contributed by atoms with Gasteiger partial charge in [0, 0.05) is 50.3 Å². The lowest BCUT2D eigenvalue weighted by atomic mass is 10.3. The van der Waals surface area contributed by atoms with Gasteiger partial charge in [0.05, 0.1) is 5.02 Å². The van der Waals surface area contributed by atoms with Gasteiger partial charge in [-0.25, -0.2) is 24.3 Å². The average Bonchev–Trinajstić information content (AvgIpc) is 2.71. The molecule has 0 atom stereocenters. The fourth-order valence-electron chi connectivity index (χ4n) is 3.09. The largest absolute Gasteiger partial charge is 0.353 e. The number of anilines is 4. The van der Waals surface area contributed by atoms with Gasteiger partial charge < -0.3 is 15.1 Å². The number of piperazine rings is 1. The second-order valence-electron chi connectivity index (χ2n) is 6.44. The van der Waals surface area contributed by atoms with Crippen molar-refractivity contribution in [1.29, 1.82) is 0 Å². The number of rotatable bonds is 4. The molecule has 1 aliphatic heterocycles. The predicted molar refractivity (Wildman–Crippen MR) is 108 cm³/mol. The Kier molecular flexibility index (Phi) is 5.21. The van der Waals surface area contributed by atoms with Crippen LogP contribution in [0.5, 0.6) is 0 Å². The van der Waals surface area contributed by atoms with Gasteiger partial charge in [-0.3, -0.25) is 0 Å². The molecule has 0 saturated carbocycles. The Hall–Kier alpha value is -3.00. The zero-order valence-electron chi connectivity index (χ0n) is 15.3. The smallest absolute Gasteiger partial charge is 0.225 e. The zero-order chi connectivity index (χ0) is 19.5. The Morgan fingerprint density at radius 1 is 1.00 bits per heavy atom. The molecule has 3 aromatic rings. The Bertz CT molecular complexity index is 962. The number of nitrogens with one attached hydrogen (secondary N) is 1. The summed E-state index contributed by atoms with van der Waals surface area (Å²) < 4.78 is 13.4. The van der Waals surface area contributed by atoms with Crippen LogP contribution in [0.3, 0.4) is 0 Å². The van der Waals surface area contributed by atoms with Gasteiger partial charge in [0.25, 0.3) is 0 Å². The summed E-state index contributed by atoms with van der Waals surface area (Å²) in [5, 5.41) is 3.23. The number of hydrogen-bond donors (Lipinski definition) is 1. The maximum absolute atomic E-state index is 13.4. The van der Waals surface area contributed by atoms with Crippen LogP contribution in [0.1, 0.15) is 5.82 Å². The van der Waals surface area contributed by atoms with Crippen LogP contribution in [-0.4, -0.2) is 46.1 Å². The molecule has 4 rings (SSSR count). The van der Waals surface area contributed by atoms with Gasteiger partial charge in [-0.15, -0.1) is 0 Å². The first-order valence-electron chi connectivity index (χ1n) is 8.93. The number of nitrogens with zero attached hydrogens (tertiary/aromatic N) is 6. The van der Waals surface area contributed by atoms with Crippen molar-refractivity contribution in [2.24, 2.45) is 0 Å². The van der Waals surface area contributed by atoms with Crippen LogP contribution >= 0.6 is 11.6 Å². The Morgan fingerprint density at radius 3 is 2.43 bits per heavy atom. The first-order valence-corrected chi connectivity index (χ1v) is 9.31. The summed E-state index contributed by atoms with van der Waals surface area (Å²) >= 11 is 5.86. The van der Waals surface area contributed by atoms with E-state index in [0.29, 0.717) is 17.3 Å². The summed E-state index contributed by atoms with van der Waals surface area (Å²) in [5.41, 5.74) is 0.668. The summed E-state index contributed by atoms with van der Waals surface area (Å²) in [7, 11) is 0. The van der Waals surface area contributed by atoms with E-state index in [-0.39, 0.29) is 5.02 Å². The van der Waals surface area contributed by atoms with Crippen molar-refractivity contribution in [3.63, 3.8) is 0 Å². The lowest BCUT2D eigenvalue weighted by Crippen LogP contribution is -2.47. The molecule has 0 radical (unpaired) electrons. The average molecular weight is 400 g/mol. The second kappa shape index (κ2) is 7.93. The molecule has 0 amide bonds. The van der Waals surface area contributed by atoms with Gasteiger partial charge in [0.15, 0.2) is 0 Å². The molecule has 1 fully saturated rings. The van der Waals surface area contributed by atoms with Crippen LogP contribution < -0.4 is 15.1 Å². The van der Waals surface area contributed by atoms with Crippen molar-refractivity contribution in [3.05, 3.63) is 59.4 Å². The molecular formula is C19H19ClFN7. The molecule has 3 heterocycles. The van der Waals surface area contributed by atoms with Crippen LogP contribution in [0.4, 0.5) is 27.7 Å². The van der Waals surface area contributed by atoms with E-state index in [1.807, 2.05) is 19.1 Å². The van der Waals surface area contributed by atoms with Crippen LogP contribution in [0.15, 0.2) is 42.7 Å². The fourth-order valence-corrected chi connectivity index (χ4v) is 3.27. The summed E-state index contributed by atoms with van der Waals surface area (Å²) in [6.45, 7) is 5.07. The maximum Gasteiger partial charge on any atom is 0.225 e. The number of aryl methyl sites for hydroxylation is 1. The topological polar surface area (TPSA) is 70.1 Å². The van der Waals surface area contributed by atoms with Gasteiger partial charge in [0.2, 0.25) is 5.95 Å². The predicted octanol–water partition coefficient (Wildman–Crippen LogP) is 3.44. The van der Waals surface area contributed by atoms with E-state index in [4.69, 9.17) is 11.6 Å². The second-order valence-corrected chi connectivity index (χ2v) is 6.84. The van der Waals surface area contributed by atoms with E-state index in [0.717, 1.165) is 37.9 Å². The summed E-state index contributed by atoms with van der Waals surface area (Å²) in [5.74, 6) is 2.43. The quantitative estimate of drug-likeness (QED) is 0.720. The van der Waals surface area contributed by atoms with Crippen molar-refractivity contribution in [1.82, 2.24) is 19.9 Å². The molecule has 1 N–H and O–H groups in total. The lowest BCUT2D eigenvalue weighted by Gasteiger charge is -2.35. The molecule has 7 nitrogen and oxygen atoms in total. The third-order valence-corrected chi connectivity index (χ3v) is 4.74. The van der Waals surface area contributed by atoms with Gasteiger partial charge in [-0.05, 0) is 31.2 Å². The normalized spacial score (nSPS) is 14.2. The van der Waals surface area contributed by atoms with Crippen molar-refractivity contribution in [2.75, 3.05) is 41.3 Å². The third kappa shape index (κ3) is 4.12. The fraction of sp³-hybridized carbons (Fsp3) is 0.263. The van der Waals surface area contributed by atoms with Gasteiger partial charge in [0.1, 0.15) is 23.3 Å². The molecule has 0 unspecified atom stereocenters. The highest BCUT2D eigenvalue weighted by Crippen LogP contribution is 2.24. The van der Waals surface area contributed by atoms with Crippen LogP contribution in [0, 0.1) is 12.7 Å². The standard InChI is InChI=1S/C19H19ClFN7/c1-13-24-17(26-14-3-4-16(21)15(20)11-14)12-18(25-13)27-7-9-28(10-8-27)19-22-5-2-6-23-19/h2-6,11-12H,7-10H2,1H3,(H,24,25,26). The van der Waals surface area contributed by atoms with Crippen LogP contribution in [0.25, 0.3) is 0 Å². The van der Waals surface area contributed by atoms with Gasteiger partial charge in [-0.1, -0.05) is 11.6 Å². The molecule has 0 bridgehead atoms. The van der Waals surface area contributed by atoms with E-state index in [2.05, 4.69) is 35.1 Å². The highest BCUT2D eigenvalue weighted by atomic mass is 35.5. The van der Waals surface area contributed by atoms with Crippen molar-refractivity contribution in [2.45, 2.75) is 6.92 Å². The number of hydrogen-bond acceptors (Lipinski definition) is 7. The molecule has 0 spiro atoms. The molecule has 28 heavy (non-hydrogen) atoms. The van der Waals surface area contributed by atoms with Crippen molar-refractivity contribution >= 4 is 34.9 Å². The van der Waals surface area contributed by atoms with Gasteiger partial charge >= 0.3 is 0 Å². The molecule has 1 saturated heterocycles. The molecule has 144 valence electrons. The molecule has 2 aromatic heterocycles. The first kappa shape index (κ1) is 18.4. The first-order chi connectivity index (χ1) is 13.6. The molecule has 1 aromatic carbocycles. The van der Waals surface area contributed by atoms with Crippen molar-refractivity contribution in [3.8, 4) is 0 Å². The number of halogens is 2. The summed E-state index contributed by atoms with van der Waals surface area (Å²) in [6.07, 6.45) is 3.50. The van der Waals surface area contributed by atoms with E-state index in [9.17, 15) is 4.39 Å². The van der Waals surface area contributed by atoms with Gasteiger partial charge in [-0.2, -0.15) is 0 Å². The third-order valence-electron chi connectivity index (χ3n) is 4.46. The summed E-state index contributed by atoms with van der Waals surface area (Å²) in [6, 6.07) is 8.18. The van der Waals surface area contributed by atoms with E-state index in [1.165, 1.54) is 12.1 Å². The van der Waals surface area contributed by atoms with E-state index in [1.54, 1.807) is 18.5 Å². The molecule has 9 heteroatoms. The lowest BCUT2D eigenvalue weighted by molar-refractivity contribution is 0.628. The zero-order valence-corrected chi connectivity index (χ0v) is 16.1. The molecule has 0 aliphatic carbocycles. The molecular weight excluding hydrogens is 381 g/mol. The van der Waals surface area contributed by atoms with E-state index < -0.39 is 5.82 Å². The minimum Gasteiger partial charge on any atom is -0.353 e. The van der Waals surface area contributed by atoms with E-state index >= 15 is 0 Å². The minimum atomic E-state index is -0.452. The van der Waals surface area contributed by atoms with Crippen molar-refractivity contribution < 1.29 is 4.39 Å². The summed E-state index contributed by atoms with van der Waals surface area (Å²) in [4.78, 5) is 22.0. The molecule has 1 aliphatic rings. The number of aromatic nitrogens is 4. The Labute approximate surface area is 167 Å². The highest BCUT2D eigenvalue weighted by Gasteiger charge is 2.20. The Morgan fingerprint density at radius 2 is 1.71 bits per heavy atom. The Balaban J connectivity index is 1.47. The number of benzene rings is 1. The minimum absolute atomic E-state index is 0.0651. The maximum atomic E-state index is 13.4. The monoisotopic (exact) mass is 399 g/mol. The highest BCUT2D eigenvalue weighted by molar-refractivity contribution is 6.31.